The Morgan fingerprint density at radius 3 is 2.47 bits per heavy atom. The van der Waals surface area contributed by atoms with Crippen molar-refractivity contribution in [2.45, 2.75) is 13.0 Å². The molecule has 3 heterocycles. The Hall–Kier alpha value is -3.14. The summed E-state index contributed by atoms with van der Waals surface area (Å²) < 4.78 is 21.7. The molecule has 9 nitrogen and oxygen atoms in total. The Balaban J connectivity index is 1.40. The molecule has 4 rings (SSSR count). The van der Waals surface area contributed by atoms with Gasteiger partial charge in [0, 0.05) is 65.7 Å². The summed E-state index contributed by atoms with van der Waals surface area (Å²) in [6.07, 6.45) is 1.05. The predicted octanol–water partition coefficient (Wildman–Crippen LogP) is 2.13. The Labute approximate surface area is 187 Å². The highest BCUT2D eigenvalue weighted by molar-refractivity contribution is 7.93. The molecule has 1 aromatic carbocycles. The van der Waals surface area contributed by atoms with Gasteiger partial charge in [-0.05, 0) is 29.8 Å². The maximum absolute atomic E-state index is 12.3. The number of cyclic esters (lactones) is 1. The number of hydrogen-bond donors (Lipinski definition) is 1. The van der Waals surface area contributed by atoms with Crippen molar-refractivity contribution in [3.05, 3.63) is 42.6 Å². The molecule has 2 aliphatic heterocycles. The van der Waals surface area contributed by atoms with Gasteiger partial charge in [-0.25, -0.2) is 18.4 Å². The predicted molar refractivity (Wildman–Crippen MR) is 124 cm³/mol. The second-order valence-electron chi connectivity index (χ2n) is 7.86. The Kier molecular flexibility index (Phi) is 6.31. The molecule has 1 aromatic heterocycles. The van der Waals surface area contributed by atoms with E-state index in [0.29, 0.717) is 37.7 Å². The van der Waals surface area contributed by atoms with E-state index >= 15 is 0 Å². The van der Waals surface area contributed by atoms with Crippen LogP contribution in [0.25, 0.3) is 11.1 Å². The first-order valence-corrected chi connectivity index (χ1v) is 12.4. The van der Waals surface area contributed by atoms with Crippen molar-refractivity contribution < 1.29 is 18.5 Å². The van der Waals surface area contributed by atoms with Crippen LogP contribution in [0, 0.1) is 0 Å². The normalized spacial score (nSPS) is 20.1. The number of carbonyl (C=O) groups excluding carboxylic acids is 2. The molecule has 2 aliphatic rings. The van der Waals surface area contributed by atoms with Crippen LogP contribution in [-0.2, 0) is 19.3 Å². The monoisotopic (exact) mass is 457 g/mol. The van der Waals surface area contributed by atoms with Crippen LogP contribution in [0.4, 0.5) is 16.3 Å². The standard InChI is InChI=1S/C22H27N5O4S/c1-16(28)24-14-20-15-27(22(29)31-20)19-6-3-17(4-7-19)18-5-8-21(25-13-18)26-9-11-32(30,23-2)12-10-26/h3-8,13,20H,9-12,14-15H2,1-2H3,(H,24,28)/t20-/m0/s1. The molecule has 2 saturated heterocycles. The van der Waals surface area contributed by atoms with Gasteiger partial charge in [-0.2, -0.15) is 0 Å². The van der Waals surface area contributed by atoms with Crippen LogP contribution in [0.1, 0.15) is 6.92 Å². The molecule has 2 amide bonds. The van der Waals surface area contributed by atoms with E-state index in [1.165, 1.54) is 6.92 Å². The van der Waals surface area contributed by atoms with E-state index in [4.69, 9.17) is 4.74 Å². The molecule has 1 N–H and O–H groups in total. The third kappa shape index (κ3) is 4.85. The molecule has 2 fully saturated rings. The molecule has 0 aliphatic carbocycles. The van der Waals surface area contributed by atoms with Gasteiger partial charge in [0.05, 0.1) is 13.1 Å². The van der Waals surface area contributed by atoms with Crippen molar-refractivity contribution in [2.24, 2.45) is 4.36 Å². The molecule has 0 unspecified atom stereocenters. The molecule has 0 bridgehead atoms. The lowest BCUT2D eigenvalue weighted by Crippen LogP contribution is -2.40. The summed E-state index contributed by atoms with van der Waals surface area (Å²) in [5, 5.41) is 2.67. The quantitative estimate of drug-likeness (QED) is 0.738. The van der Waals surface area contributed by atoms with Crippen LogP contribution >= 0.6 is 0 Å². The molecule has 170 valence electrons. The average molecular weight is 458 g/mol. The highest BCUT2D eigenvalue weighted by Crippen LogP contribution is 2.27. The van der Waals surface area contributed by atoms with Crippen molar-refractivity contribution in [1.29, 1.82) is 0 Å². The zero-order valence-corrected chi connectivity index (χ0v) is 19.0. The molecule has 0 radical (unpaired) electrons. The minimum Gasteiger partial charge on any atom is -0.442 e. The smallest absolute Gasteiger partial charge is 0.414 e. The van der Waals surface area contributed by atoms with E-state index in [1.807, 2.05) is 42.6 Å². The summed E-state index contributed by atoms with van der Waals surface area (Å²) in [5.74, 6) is 1.85. The van der Waals surface area contributed by atoms with Crippen LogP contribution in [0.3, 0.4) is 0 Å². The van der Waals surface area contributed by atoms with Crippen molar-refractivity contribution in [2.75, 3.05) is 54.5 Å². The van der Waals surface area contributed by atoms with Gasteiger partial charge in [-0.3, -0.25) is 9.69 Å². The maximum Gasteiger partial charge on any atom is 0.414 e. The zero-order chi connectivity index (χ0) is 22.7. The number of amides is 2. The molecule has 32 heavy (non-hydrogen) atoms. The number of ether oxygens (including phenoxy) is 1. The largest absolute Gasteiger partial charge is 0.442 e. The minimum atomic E-state index is -2.05. The molecular weight excluding hydrogens is 430 g/mol. The Bertz CT molecular complexity index is 1100. The van der Waals surface area contributed by atoms with Gasteiger partial charge in [0.2, 0.25) is 5.91 Å². The van der Waals surface area contributed by atoms with Crippen LogP contribution in [0.5, 0.6) is 0 Å². The summed E-state index contributed by atoms with van der Waals surface area (Å²) in [5.41, 5.74) is 2.70. The van der Waals surface area contributed by atoms with E-state index in [2.05, 4.69) is 19.6 Å². The van der Waals surface area contributed by atoms with Crippen LogP contribution in [-0.4, -0.2) is 72.0 Å². The molecule has 0 spiro atoms. The van der Waals surface area contributed by atoms with E-state index in [-0.39, 0.29) is 12.0 Å². The van der Waals surface area contributed by atoms with Crippen molar-refractivity contribution in [1.82, 2.24) is 10.3 Å². The van der Waals surface area contributed by atoms with Crippen molar-refractivity contribution >= 4 is 33.2 Å². The number of carbonyl (C=O) groups is 2. The lowest BCUT2D eigenvalue weighted by Gasteiger charge is -2.29. The van der Waals surface area contributed by atoms with Crippen LogP contribution in [0.2, 0.25) is 0 Å². The SMILES string of the molecule is CN=S1(=O)CCN(c2ccc(-c3ccc(N4C[C@H](CNC(C)=O)OC4=O)cc3)cn2)CC1. The van der Waals surface area contributed by atoms with Crippen LogP contribution in [0.15, 0.2) is 47.0 Å². The first-order chi connectivity index (χ1) is 15.4. The number of benzene rings is 1. The molecular formula is C22H27N5O4S. The molecule has 2 aromatic rings. The number of aromatic nitrogens is 1. The summed E-state index contributed by atoms with van der Waals surface area (Å²) in [7, 11) is -0.414. The highest BCUT2D eigenvalue weighted by atomic mass is 32.2. The fourth-order valence-corrected chi connectivity index (χ4v) is 5.39. The fourth-order valence-electron chi connectivity index (χ4n) is 3.81. The molecule has 1 atom stereocenters. The maximum atomic E-state index is 12.3. The number of anilines is 2. The van der Waals surface area contributed by atoms with E-state index in [0.717, 1.165) is 22.6 Å². The summed E-state index contributed by atoms with van der Waals surface area (Å²) in [6, 6.07) is 11.6. The minimum absolute atomic E-state index is 0.153. The van der Waals surface area contributed by atoms with E-state index in [9.17, 15) is 13.8 Å². The summed E-state index contributed by atoms with van der Waals surface area (Å²) >= 11 is 0. The average Bonchev–Trinajstić information content (AvgIpc) is 3.19. The van der Waals surface area contributed by atoms with Gasteiger partial charge in [0.15, 0.2) is 0 Å². The second kappa shape index (κ2) is 9.15. The van der Waals surface area contributed by atoms with Gasteiger partial charge >= 0.3 is 6.09 Å². The van der Waals surface area contributed by atoms with E-state index < -0.39 is 15.8 Å². The molecule has 10 heteroatoms. The van der Waals surface area contributed by atoms with Gasteiger partial charge in [-0.15, -0.1) is 0 Å². The third-order valence-electron chi connectivity index (χ3n) is 5.73. The Morgan fingerprint density at radius 1 is 1.19 bits per heavy atom. The van der Waals surface area contributed by atoms with Gasteiger partial charge in [0.1, 0.15) is 11.9 Å². The van der Waals surface area contributed by atoms with Crippen LogP contribution < -0.4 is 15.1 Å². The second-order valence-corrected chi connectivity index (χ2v) is 10.6. The molecule has 0 saturated carbocycles. The number of pyridine rings is 1. The van der Waals surface area contributed by atoms with Gasteiger partial charge < -0.3 is 15.0 Å². The van der Waals surface area contributed by atoms with E-state index in [1.54, 1.807) is 11.9 Å². The highest BCUT2D eigenvalue weighted by Gasteiger charge is 2.32. The third-order valence-corrected chi connectivity index (χ3v) is 8.04. The van der Waals surface area contributed by atoms with Gasteiger partial charge in [-0.1, -0.05) is 12.1 Å². The fraction of sp³-hybridized carbons (Fsp3) is 0.409. The number of nitrogens with zero attached hydrogens (tertiary/aromatic N) is 4. The Morgan fingerprint density at radius 2 is 1.88 bits per heavy atom. The number of rotatable bonds is 5. The van der Waals surface area contributed by atoms with Crippen molar-refractivity contribution in [3.63, 3.8) is 0 Å². The van der Waals surface area contributed by atoms with Crippen molar-refractivity contribution in [3.8, 4) is 11.1 Å². The lowest BCUT2D eigenvalue weighted by molar-refractivity contribution is -0.119. The number of nitrogens with one attached hydrogen (secondary N) is 1. The number of hydrogen-bond acceptors (Lipinski definition) is 7. The van der Waals surface area contributed by atoms with Gasteiger partial charge in [0.25, 0.3) is 0 Å². The summed E-state index contributed by atoms with van der Waals surface area (Å²) in [6.45, 7) is 3.50. The first-order valence-electron chi connectivity index (χ1n) is 10.5. The zero-order valence-electron chi connectivity index (χ0n) is 18.2. The lowest BCUT2D eigenvalue weighted by atomic mass is 10.1. The first kappa shape index (κ1) is 22.1. The summed E-state index contributed by atoms with van der Waals surface area (Å²) in [4.78, 5) is 31.5. The topological polar surface area (TPSA) is 104 Å².